The summed E-state index contributed by atoms with van der Waals surface area (Å²) in [6, 6.07) is 1.72. The van der Waals surface area contributed by atoms with Crippen LogP contribution in [0.4, 0.5) is 13.2 Å². The molecule has 0 spiro atoms. The van der Waals surface area contributed by atoms with Crippen molar-refractivity contribution in [3.8, 4) is 0 Å². The molecule has 1 amide bonds. The van der Waals surface area contributed by atoms with Gasteiger partial charge in [-0.15, -0.1) is 0 Å². The normalized spacial score (nSPS) is 16.4. The van der Waals surface area contributed by atoms with Gasteiger partial charge in [-0.2, -0.15) is 13.2 Å². The minimum Gasteiger partial charge on any atom is -0.352 e. The summed E-state index contributed by atoms with van der Waals surface area (Å²) in [5.41, 5.74) is 2.46. The van der Waals surface area contributed by atoms with Gasteiger partial charge in [-0.3, -0.25) is 9.78 Å². The standard InChI is InChI=1S/C15H20F3N3O/c1-9-5-11(6-10(2)20-9)8-19-14(22)7-13(15(16,17)18)21-12-3-4-12/h5-6,12-13,21H,3-4,7-8H2,1-2H3,(H,19,22). The average Bonchev–Trinajstić information content (AvgIpc) is 3.17. The third kappa shape index (κ3) is 5.29. The van der Waals surface area contributed by atoms with Crippen molar-refractivity contribution in [2.45, 2.75) is 57.9 Å². The maximum Gasteiger partial charge on any atom is 0.404 e. The number of alkyl halides is 3. The lowest BCUT2D eigenvalue weighted by molar-refractivity contribution is -0.162. The van der Waals surface area contributed by atoms with Crippen molar-refractivity contribution in [1.29, 1.82) is 0 Å². The van der Waals surface area contributed by atoms with E-state index >= 15 is 0 Å². The minimum atomic E-state index is -4.41. The molecule has 1 aromatic heterocycles. The SMILES string of the molecule is Cc1cc(CNC(=O)CC(NC2CC2)C(F)(F)F)cc(C)n1. The molecule has 0 radical (unpaired) electrons. The molecule has 1 fully saturated rings. The van der Waals surface area contributed by atoms with Gasteiger partial charge in [-0.25, -0.2) is 0 Å². The first kappa shape index (κ1) is 16.7. The Morgan fingerprint density at radius 2 is 1.91 bits per heavy atom. The molecule has 1 saturated carbocycles. The van der Waals surface area contributed by atoms with E-state index in [2.05, 4.69) is 15.6 Å². The van der Waals surface area contributed by atoms with Gasteiger partial charge in [0.1, 0.15) is 6.04 Å². The molecule has 0 saturated heterocycles. The van der Waals surface area contributed by atoms with Crippen molar-refractivity contribution in [2.75, 3.05) is 0 Å². The van der Waals surface area contributed by atoms with Crippen LogP contribution in [-0.4, -0.2) is 29.2 Å². The summed E-state index contributed by atoms with van der Waals surface area (Å²) in [7, 11) is 0. The number of rotatable bonds is 6. The van der Waals surface area contributed by atoms with Crippen LogP contribution in [0.5, 0.6) is 0 Å². The van der Waals surface area contributed by atoms with Gasteiger partial charge in [0.2, 0.25) is 5.91 Å². The molecule has 1 aromatic rings. The second kappa shape index (κ2) is 6.64. The summed E-state index contributed by atoms with van der Waals surface area (Å²) < 4.78 is 38.7. The van der Waals surface area contributed by atoms with Crippen molar-refractivity contribution in [1.82, 2.24) is 15.6 Å². The lowest BCUT2D eigenvalue weighted by Crippen LogP contribution is -2.46. The van der Waals surface area contributed by atoms with Crippen LogP contribution in [0.1, 0.15) is 36.2 Å². The van der Waals surface area contributed by atoms with E-state index in [9.17, 15) is 18.0 Å². The largest absolute Gasteiger partial charge is 0.404 e. The van der Waals surface area contributed by atoms with Crippen LogP contribution < -0.4 is 10.6 Å². The summed E-state index contributed by atoms with van der Waals surface area (Å²) in [6.07, 6.45) is -3.53. The molecule has 2 rings (SSSR count). The van der Waals surface area contributed by atoms with Crippen LogP contribution in [0, 0.1) is 13.8 Å². The Morgan fingerprint density at radius 3 is 2.41 bits per heavy atom. The van der Waals surface area contributed by atoms with Crippen molar-refractivity contribution >= 4 is 5.91 Å². The molecule has 0 bridgehead atoms. The van der Waals surface area contributed by atoms with Crippen LogP contribution in [-0.2, 0) is 11.3 Å². The molecule has 1 aliphatic carbocycles. The second-order valence-electron chi connectivity index (χ2n) is 5.77. The number of aryl methyl sites for hydroxylation is 2. The van der Waals surface area contributed by atoms with Crippen molar-refractivity contribution in [2.24, 2.45) is 0 Å². The maximum atomic E-state index is 12.9. The molecule has 7 heteroatoms. The summed E-state index contributed by atoms with van der Waals surface area (Å²) in [4.78, 5) is 16.0. The van der Waals surface area contributed by atoms with Gasteiger partial charge in [0.15, 0.2) is 0 Å². The fraction of sp³-hybridized carbons (Fsp3) is 0.600. The zero-order valence-electron chi connectivity index (χ0n) is 12.6. The fourth-order valence-corrected chi connectivity index (χ4v) is 2.28. The minimum absolute atomic E-state index is 0.107. The molecule has 0 aliphatic heterocycles. The summed E-state index contributed by atoms with van der Waals surface area (Å²) in [5.74, 6) is -0.609. The molecule has 2 N–H and O–H groups in total. The summed E-state index contributed by atoms with van der Waals surface area (Å²) >= 11 is 0. The smallest absolute Gasteiger partial charge is 0.352 e. The molecule has 122 valence electrons. The summed E-state index contributed by atoms with van der Waals surface area (Å²) in [5, 5.41) is 5.03. The van der Waals surface area contributed by atoms with E-state index in [1.165, 1.54) is 0 Å². The second-order valence-corrected chi connectivity index (χ2v) is 5.77. The van der Waals surface area contributed by atoms with E-state index in [1.807, 2.05) is 13.8 Å². The van der Waals surface area contributed by atoms with E-state index in [0.29, 0.717) is 0 Å². The molecule has 0 aromatic carbocycles. The number of hydrogen-bond donors (Lipinski definition) is 2. The zero-order valence-corrected chi connectivity index (χ0v) is 12.6. The lowest BCUT2D eigenvalue weighted by atomic mass is 10.1. The summed E-state index contributed by atoms with van der Waals surface area (Å²) in [6.45, 7) is 3.87. The highest BCUT2D eigenvalue weighted by Crippen LogP contribution is 2.27. The molecule has 1 atom stereocenters. The van der Waals surface area contributed by atoms with Crippen molar-refractivity contribution < 1.29 is 18.0 Å². The van der Waals surface area contributed by atoms with Gasteiger partial charge in [0, 0.05) is 24.0 Å². The van der Waals surface area contributed by atoms with E-state index in [-0.39, 0.29) is 12.6 Å². The number of pyridine rings is 1. The molecular weight excluding hydrogens is 295 g/mol. The monoisotopic (exact) mass is 315 g/mol. The predicted molar refractivity (Wildman–Crippen MR) is 76.2 cm³/mol. The Hall–Kier alpha value is -1.63. The predicted octanol–water partition coefficient (Wildman–Crippen LogP) is 2.39. The Morgan fingerprint density at radius 1 is 1.32 bits per heavy atom. The Labute approximate surface area is 127 Å². The third-order valence-corrected chi connectivity index (χ3v) is 3.43. The zero-order chi connectivity index (χ0) is 16.3. The number of nitrogens with zero attached hydrogens (tertiary/aromatic N) is 1. The highest BCUT2D eigenvalue weighted by atomic mass is 19.4. The maximum absolute atomic E-state index is 12.9. The van der Waals surface area contributed by atoms with E-state index in [4.69, 9.17) is 0 Å². The van der Waals surface area contributed by atoms with Crippen LogP contribution in [0.3, 0.4) is 0 Å². The Bertz CT molecular complexity index is 521. The Balaban J connectivity index is 1.87. The van der Waals surface area contributed by atoms with Gasteiger partial charge in [-0.05, 0) is 44.4 Å². The molecular formula is C15H20F3N3O. The number of halogens is 3. The number of aromatic nitrogens is 1. The average molecular weight is 315 g/mol. The first-order chi connectivity index (χ1) is 10.2. The first-order valence-electron chi connectivity index (χ1n) is 7.27. The van der Waals surface area contributed by atoms with E-state index in [1.54, 1.807) is 12.1 Å². The molecule has 22 heavy (non-hydrogen) atoms. The number of amides is 1. The quantitative estimate of drug-likeness (QED) is 0.847. The number of nitrogens with one attached hydrogen (secondary N) is 2. The van der Waals surface area contributed by atoms with Crippen LogP contribution in [0.15, 0.2) is 12.1 Å². The van der Waals surface area contributed by atoms with Gasteiger partial charge in [-0.1, -0.05) is 0 Å². The van der Waals surface area contributed by atoms with Crippen LogP contribution in [0.2, 0.25) is 0 Å². The molecule has 4 nitrogen and oxygen atoms in total. The van der Waals surface area contributed by atoms with Gasteiger partial charge < -0.3 is 10.6 Å². The number of carbonyl (C=O) groups is 1. The highest BCUT2D eigenvalue weighted by Gasteiger charge is 2.43. The molecule has 1 heterocycles. The van der Waals surface area contributed by atoms with Gasteiger partial charge >= 0.3 is 6.18 Å². The van der Waals surface area contributed by atoms with E-state index < -0.39 is 24.5 Å². The first-order valence-corrected chi connectivity index (χ1v) is 7.27. The fourth-order valence-electron chi connectivity index (χ4n) is 2.28. The third-order valence-electron chi connectivity index (χ3n) is 3.43. The highest BCUT2D eigenvalue weighted by molar-refractivity contribution is 5.76. The Kier molecular flexibility index (Phi) is 5.05. The van der Waals surface area contributed by atoms with Gasteiger partial charge in [0.05, 0.1) is 6.42 Å². The number of hydrogen-bond acceptors (Lipinski definition) is 3. The van der Waals surface area contributed by atoms with Crippen LogP contribution in [0.25, 0.3) is 0 Å². The lowest BCUT2D eigenvalue weighted by Gasteiger charge is -2.21. The van der Waals surface area contributed by atoms with E-state index in [0.717, 1.165) is 29.8 Å². The number of carbonyl (C=O) groups excluding carboxylic acids is 1. The van der Waals surface area contributed by atoms with Crippen molar-refractivity contribution in [3.63, 3.8) is 0 Å². The molecule has 1 unspecified atom stereocenters. The molecule has 1 aliphatic rings. The topological polar surface area (TPSA) is 54.0 Å². The van der Waals surface area contributed by atoms with Crippen LogP contribution >= 0.6 is 0 Å². The van der Waals surface area contributed by atoms with Crippen molar-refractivity contribution in [3.05, 3.63) is 29.1 Å². The van der Waals surface area contributed by atoms with Gasteiger partial charge in [0.25, 0.3) is 0 Å².